The zero-order chi connectivity index (χ0) is 17.8. The molecule has 0 aliphatic heterocycles. The molecule has 5 nitrogen and oxygen atoms in total. The van der Waals surface area contributed by atoms with E-state index in [0.717, 1.165) is 15.4 Å². The molecule has 0 saturated carbocycles. The normalized spacial score (nSPS) is 11.8. The maximum atomic E-state index is 12.5. The Morgan fingerprint density at radius 2 is 2.04 bits per heavy atom. The number of thiazole rings is 1. The molecule has 0 bridgehead atoms. The van der Waals surface area contributed by atoms with Crippen LogP contribution in [0.1, 0.15) is 29.0 Å². The van der Waals surface area contributed by atoms with E-state index in [1.165, 1.54) is 11.3 Å². The highest BCUT2D eigenvalue weighted by molar-refractivity contribution is 7.20. The molecule has 3 rings (SSSR count). The monoisotopic (exact) mass is 374 g/mol. The van der Waals surface area contributed by atoms with Gasteiger partial charge in [0.25, 0.3) is 5.91 Å². The lowest BCUT2D eigenvalue weighted by Crippen LogP contribution is -2.27. The summed E-state index contributed by atoms with van der Waals surface area (Å²) in [5.74, 6) is 1.20. The Balaban J connectivity index is 1.77. The van der Waals surface area contributed by atoms with Gasteiger partial charge < -0.3 is 14.8 Å². The fourth-order valence-corrected chi connectivity index (χ4v) is 4.03. The van der Waals surface area contributed by atoms with Gasteiger partial charge in [0, 0.05) is 10.9 Å². The highest BCUT2D eigenvalue weighted by atomic mass is 32.1. The van der Waals surface area contributed by atoms with E-state index in [-0.39, 0.29) is 11.9 Å². The molecular weight excluding hydrogens is 356 g/mol. The number of thiophene rings is 1. The van der Waals surface area contributed by atoms with Gasteiger partial charge in [-0.25, -0.2) is 4.98 Å². The first-order valence-electron chi connectivity index (χ1n) is 7.64. The zero-order valence-electron chi connectivity index (χ0n) is 14.1. The molecule has 0 fully saturated rings. The predicted molar refractivity (Wildman–Crippen MR) is 101 cm³/mol. The van der Waals surface area contributed by atoms with Crippen LogP contribution in [0.4, 0.5) is 0 Å². The second-order valence-corrected chi connectivity index (χ2v) is 7.12. The molecular formula is C18H18N2O3S2. The lowest BCUT2D eigenvalue weighted by atomic mass is 10.1. The molecule has 25 heavy (non-hydrogen) atoms. The van der Waals surface area contributed by atoms with Crippen LogP contribution in [0.25, 0.3) is 9.88 Å². The third-order valence-corrected chi connectivity index (χ3v) is 5.60. The number of hydrogen-bond acceptors (Lipinski definition) is 6. The number of hydrogen-bond donors (Lipinski definition) is 1. The molecule has 130 valence electrons. The molecule has 1 N–H and O–H groups in total. The number of rotatable bonds is 6. The predicted octanol–water partition coefficient (Wildman–Crippen LogP) is 4.38. The van der Waals surface area contributed by atoms with Crippen molar-refractivity contribution in [2.24, 2.45) is 0 Å². The third kappa shape index (κ3) is 3.83. The SMILES string of the molecule is COc1ccc(OC)c([C@H](C)NC(=O)c2csc(-c3cccs3)n2)c1. The summed E-state index contributed by atoms with van der Waals surface area (Å²) in [6, 6.07) is 9.23. The molecule has 0 spiro atoms. The summed E-state index contributed by atoms with van der Waals surface area (Å²) in [4.78, 5) is 18.0. The van der Waals surface area contributed by atoms with Crippen LogP contribution in [0, 0.1) is 0 Å². The smallest absolute Gasteiger partial charge is 0.271 e. The molecule has 0 aliphatic carbocycles. The highest BCUT2D eigenvalue weighted by Gasteiger charge is 2.18. The molecule has 7 heteroatoms. The number of carbonyl (C=O) groups excluding carboxylic acids is 1. The van der Waals surface area contributed by atoms with Gasteiger partial charge in [0.1, 0.15) is 22.2 Å². The quantitative estimate of drug-likeness (QED) is 0.696. The Kier molecular flexibility index (Phi) is 5.35. The number of nitrogens with one attached hydrogen (secondary N) is 1. The second-order valence-electron chi connectivity index (χ2n) is 5.32. The number of aromatic nitrogens is 1. The van der Waals surface area contributed by atoms with Gasteiger partial charge in [0.15, 0.2) is 0 Å². The number of carbonyl (C=O) groups is 1. The minimum Gasteiger partial charge on any atom is -0.497 e. The van der Waals surface area contributed by atoms with E-state index in [1.54, 1.807) is 30.9 Å². The molecule has 0 saturated heterocycles. The van der Waals surface area contributed by atoms with E-state index < -0.39 is 0 Å². The van der Waals surface area contributed by atoms with E-state index in [0.29, 0.717) is 17.2 Å². The lowest BCUT2D eigenvalue weighted by Gasteiger charge is -2.17. The summed E-state index contributed by atoms with van der Waals surface area (Å²) in [5.41, 5.74) is 1.27. The van der Waals surface area contributed by atoms with E-state index >= 15 is 0 Å². The molecule has 0 radical (unpaired) electrons. The standard InChI is InChI=1S/C18H18N2O3S2/c1-11(13-9-12(22-2)6-7-15(13)23-3)19-17(21)14-10-25-18(20-14)16-5-4-8-24-16/h4-11H,1-3H3,(H,19,21)/t11-/m0/s1. The average Bonchev–Trinajstić information content (AvgIpc) is 3.32. The van der Waals surface area contributed by atoms with Crippen LogP contribution in [0.3, 0.4) is 0 Å². The van der Waals surface area contributed by atoms with Gasteiger partial charge in [-0.15, -0.1) is 22.7 Å². The third-order valence-electron chi connectivity index (χ3n) is 3.72. The Hall–Kier alpha value is -2.38. The van der Waals surface area contributed by atoms with Crippen LogP contribution in [0.2, 0.25) is 0 Å². The Morgan fingerprint density at radius 1 is 1.20 bits per heavy atom. The molecule has 3 aromatic rings. The van der Waals surface area contributed by atoms with Crippen LogP contribution >= 0.6 is 22.7 Å². The first-order chi connectivity index (χ1) is 12.1. The van der Waals surface area contributed by atoms with Crippen LogP contribution in [0.5, 0.6) is 11.5 Å². The van der Waals surface area contributed by atoms with Crippen molar-refractivity contribution in [1.29, 1.82) is 0 Å². The van der Waals surface area contributed by atoms with Crippen molar-refractivity contribution in [2.75, 3.05) is 14.2 Å². The van der Waals surface area contributed by atoms with Gasteiger partial charge in [-0.05, 0) is 36.6 Å². The Labute approximate surface area is 154 Å². The summed E-state index contributed by atoms with van der Waals surface area (Å²) in [6.45, 7) is 1.90. The number of benzene rings is 1. The summed E-state index contributed by atoms with van der Waals surface area (Å²) in [6.07, 6.45) is 0. The van der Waals surface area contributed by atoms with Crippen LogP contribution in [0.15, 0.2) is 41.1 Å². The van der Waals surface area contributed by atoms with Gasteiger partial charge in [0.2, 0.25) is 0 Å². The molecule has 2 heterocycles. The van der Waals surface area contributed by atoms with Crippen molar-refractivity contribution in [3.05, 3.63) is 52.3 Å². The van der Waals surface area contributed by atoms with E-state index in [2.05, 4.69) is 10.3 Å². The van der Waals surface area contributed by atoms with Crippen molar-refractivity contribution in [3.8, 4) is 21.4 Å². The minimum atomic E-state index is -0.246. The maximum absolute atomic E-state index is 12.5. The summed E-state index contributed by atoms with van der Waals surface area (Å²) in [5, 5.41) is 7.60. The average molecular weight is 374 g/mol. The van der Waals surface area contributed by atoms with Crippen molar-refractivity contribution in [2.45, 2.75) is 13.0 Å². The van der Waals surface area contributed by atoms with Gasteiger partial charge in [0.05, 0.1) is 25.1 Å². The van der Waals surface area contributed by atoms with Crippen molar-refractivity contribution in [3.63, 3.8) is 0 Å². The molecule has 1 atom stereocenters. The van der Waals surface area contributed by atoms with E-state index in [4.69, 9.17) is 9.47 Å². The number of nitrogens with zero attached hydrogens (tertiary/aromatic N) is 1. The Morgan fingerprint density at radius 3 is 2.72 bits per heavy atom. The van der Waals surface area contributed by atoms with Gasteiger partial charge in [-0.1, -0.05) is 6.07 Å². The van der Waals surface area contributed by atoms with Crippen molar-refractivity contribution in [1.82, 2.24) is 10.3 Å². The zero-order valence-corrected chi connectivity index (χ0v) is 15.7. The molecule has 0 unspecified atom stereocenters. The summed E-state index contributed by atoms with van der Waals surface area (Å²) < 4.78 is 10.6. The first-order valence-corrected chi connectivity index (χ1v) is 9.40. The molecule has 2 aromatic heterocycles. The summed E-state index contributed by atoms with van der Waals surface area (Å²) >= 11 is 3.07. The largest absolute Gasteiger partial charge is 0.497 e. The van der Waals surface area contributed by atoms with Crippen molar-refractivity contribution >= 4 is 28.6 Å². The number of amides is 1. The fraction of sp³-hybridized carbons (Fsp3) is 0.222. The summed E-state index contributed by atoms with van der Waals surface area (Å²) in [7, 11) is 3.21. The van der Waals surface area contributed by atoms with Gasteiger partial charge in [-0.3, -0.25) is 4.79 Å². The van der Waals surface area contributed by atoms with Crippen LogP contribution in [-0.2, 0) is 0 Å². The van der Waals surface area contributed by atoms with Gasteiger partial charge in [-0.2, -0.15) is 0 Å². The van der Waals surface area contributed by atoms with Crippen molar-refractivity contribution < 1.29 is 14.3 Å². The fourth-order valence-electron chi connectivity index (χ4n) is 2.42. The number of ether oxygens (including phenoxy) is 2. The lowest BCUT2D eigenvalue weighted by molar-refractivity contribution is 0.0935. The molecule has 1 aromatic carbocycles. The Bertz CT molecular complexity index is 859. The maximum Gasteiger partial charge on any atom is 0.271 e. The van der Waals surface area contributed by atoms with E-state index in [1.807, 2.05) is 42.6 Å². The second kappa shape index (κ2) is 7.67. The topological polar surface area (TPSA) is 60.5 Å². The first kappa shape index (κ1) is 17.4. The van der Waals surface area contributed by atoms with Crippen LogP contribution < -0.4 is 14.8 Å². The minimum absolute atomic E-state index is 0.212. The van der Waals surface area contributed by atoms with Crippen LogP contribution in [-0.4, -0.2) is 25.1 Å². The molecule has 1 amide bonds. The highest BCUT2D eigenvalue weighted by Crippen LogP contribution is 2.30. The van der Waals surface area contributed by atoms with Gasteiger partial charge >= 0.3 is 0 Å². The van der Waals surface area contributed by atoms with E-state index in [9.17, 15) is 4.79 Å². The number of methoxy groups -OCH3 is 2. The molecule has 0 aliphatic rings.